The fourth-order valence-corrected chi connectivity index (χ4v) is 3.99. The summed E-state index contributed by atoms with van der Waals surface area (Å²) in [5.74, 6) is 0. The fourth-order valence-electron chi connectivity index (χ4n) is 1.56. The van der Waals surface area contributed by atoms with Crippen LogP contribution in [0, 0.1) is 0 Å². The molecule has 3 nitrogen and oxygen atoms in total. The molecule has 0 aromatic rings. The molecule has 4 heteroatoms. The molecule has 0 unspecified atom stereocenters. The van der Waals surface area contributed by atoms with Gasteiger partial charge in [-0.25, -0.2) is 0 Å². The molecule has 0 radical (unpaired) electrons. The van der Waals surface area contributed by atoms with Crippen molar-refractivity contribution in [1.82, 2.24) is 0 Å². The van der Waals surface area contributed by atoms with Gasteiger partial charge in [-0.2, -0.15) is 0 Å². The van der Waals surface area contributed by atoms with Crippen LogP contribution >= 0.6 is 0 Å². The quantitative estimate of drug-likeness (QED) is 0.396. The lowest BCUT2D eigenvalue weighted by atomic mass is 10.5. The van der Waals surface area contributed by atoms with E-state index < -0.39 is 8.56 Å². The number of hydrogen-bond donors (Lipinski definition) is 0. The Bertz CT molecular complexity index is 157. The highest BCUT2D eigenvalue weighted by Crippen LogP contribution is 2.16. The van der Waals surface area contributed by atoms with Crippen molar-refractivity contribution in [3.8, 4) is 0 Å². The summed E-state index contributed by atoms with van der Waals surface area (Å²) in [4.78, 5) is 0. The first-order valence-corrected chi connectivity index (χ1v) is 9.56. The van der Waals surface area contributed by atoms with Gasteiger partial charge in [-0.3, -0.25) is 0 Å². The van der Waals surface area contributed by atoms with Crippen molar-refractivity contribution in [2.24, 2.45) is 0 Å². The van der Waals surface area contributed by atoms with Gasteiger partial charge in [-0.15, -0.1) is 0 Å². The summed E-state index contributed by atoms with van der Waals surface area (Å²) in [5, 5.41) is 0. The van der Waals surface area contributed by atoms with E-state index in [2.05, 4.69) is 27.3 Å². The summed E-state index contributed by atoms with van der Waals surface area (Å²) in [6.45, 7) is 11.9. The summed E-state index contributed by atoms with van der Waals surface area (Å²) in [6, 6.07) is 1.04. The first-order valence-electron chi connectivity index (χ1n) is 7.04. The SMILES string of the molecule is CCCOCCC[Si](C)(OCCC)OCCC. The van der Waals surface area contributed by atoms with Crippen LogP contribution in [0.5, 0.6) is 0 Å². The van der Waals surface area contributed by atoms with Crippen molar-refractivity contribution in [3.05, 3.63) is 0 Å². The first kappa shape index (κ1) is 17.1. The summed E-state index contributed by atoms with van der Waals surface area (Å²) in [5.41, 5.74) is 0. The zero-order valence-electron chi connectivity index (χ0n) is 12.1. The predicted molar refractivity (Wildman–Crippen MR) is 74.6 cm³/mol. The lowest BCUT2D eigenvalue weighted by Crippen LogP contribution is -2.39. The molecule has 0 N–H and O–H groups in total. The summed E-state index contributed by atoms with van der Waals surface area (Å²) in [6.07, 6.45) is 4.26. The van der Waals surface area contributed by atoms with Crippen LogP contribution in [0.25, 0.3) is 0 Å². The van der Waals surface area contributed by atoms with E-state index >= 15 is 0 Å². The highest BCUT2D eigenvalue weighted by atomic mass is 28.4. The maximum Gasteiger partial charge on any atom is 0.335 e. The smallest absolute Gasteiger partial charge is 0.335 e. The molecule has 0 saturated carbocycles. The van der Waals surface area contributed by atoms with E-state index in [0.29, 0.717) is 0 Å². The van der Waals surface area contributed by atoms with Crippen LogP contribution in [0.2, 0.25) is 12.6 Å². The molecule has 0 spiro atoms. The van der Waals surface area contributed by atoms with Gasteiger partial charge in [0.1, 0.15) is 0 Å². The van der Waals surface area contributed by atoms with Crippen LogP contribution in [0.15, 0.2) is 0 Å². The highest BCUT2D eigenvalue weighted by Gasteiger charge is 2.30. The Morgan fingerprint density at radius 1 is 0.765 bits per heavy atom. The number of ether oxygens (including phenoxy) is 1. The van der Waals surface area contributed by atoms with Crippen LogP contribution < -0.4 is 0 Å². The molecule has 0 aliphatic carbocycles. The second-order valence-corrected chi connectivity index (χ2v) is 7.89. The molecule has 0 aliphatic heterocycles. The van der Waals surface area contributed by atoms with E-state index in [0.717, 1.165) is 58.2 Å². The topological polar surface area (TPSA) is 27.7 Å². The van der Waals surface area contributed by atoms with Crippen molar-refractivity contribution in [3.63, 3.8) is 0 Å². The van der Waals surface area contributed by atoms with E-state index in [9.17, 15) is 0 Å². The molecule has 17 heavy (non-hydrogen) atoms. The van der Waals surface area contributed by atoms with Crippen LogP contribution in [-0.4, -0.2) is 35.0 Å². The molecule has 0 aliphatic rings. The van der Waals surface area contributed by atoms with Crippen molar-refractivity contribution < 1.29 is 13.6 Å². The second kappa shape index (κ2) is 11.2. The van der Waals surface area contributed by atoms with Crippen molar-refractivity contribution >= 4 is 8.56 Å². The monoisotopic (exact) mass is 262 g/mol. The molecule has 0 aromatic carbocycles. The van der Waals surface area contributed by atoms with E-state index in [1.54, 1.807) is 0 Å². The Balaban J connectivity index is 3.82. The van der Waals surface area contributed by atoms with Gasteiger partial charge < -0.3 is 13.6 Å². The van der Waals surface area contributed by atoms with Gasteiger partial charge in [0.15, 0.2) is 0 Å². The van der Waals surface area contributed by atoms with Gasteiger partial charge in [0.2, 0.25) is 0 Å². The van der Waals surface area contributed by atoms with Crippen LogP contribution in [0.4, 0.5) is 0 Å². The highest BCUT2D eigenvalue weighted by molar-refractivity contribution is 6.66. The Kier molecular flexibility index (Phi) is 11.3. The lowest BCUT2D eigenvalue weighted by Gasteiger charge is -2.26. The predicted octanol–water partition coefficient (Wildman–Crippen LogP) is 3.73. The summed E-state index contributed by atoms with van der Waals surface area (Å²) >= 11 is 0. The van der Waals surface area contributed by atoms with Crippen LogP contribution in [0.3, 0.4) is 0 Å². The zero-order chi connectivity index (χ0) is 13.0. The van der Waals surface area contributed by atoms with Crippen LogP contribution in [0.1, 0.15) is 46.5 Å². The van der Waals surface area contributed by atoms with Gasteiger partial charge in [0, 0.05) is 26.4 Å². The Labute approximate surface area is 108 Å². The average Bonchev–Trinajstić information content (AvgIpc) is 2.34. The molecule has 0 heterocycles. The molecule has 0 aromatic heterocycles. The third-order valence-corrected chi connectivity index (χ3v) is 5.38. The van der Waals surface area contributed by atoms with E-state index in [1.807, 2.05) is 0 Å². The van der Waals surface area contributed by atoms with E-state index in [-0.39, 0.29) is 0 Å². The maximum atomic E-state index is 5.95. The van der Waals surface area contributed by atoms with Crippen molar-refractivity contribution in [2.45, 2.75) is 59.0 Å². The third kappa shape index (κ3) is 9.77. The van der Waals surface area contributed by atoms with Crippen LogP contribution in [-0.2, 0) is 13.6 Å². The Hall–Kier alpha value is 0.0969. The van der Waals surface area contributed by atoms with E-state index in [1.165, 1.54) is 0 Å². The summed E-state index contributed by atoms with van der Waals surface area (Å²) < 4.78 is 17.4. The molecule has 0 atom stereocenters. The minimum atomic E-state index is -1.93. The molecule has 0 rings (SSSR count). The fraction of sp³-hybridized carbons (Fsp3) is 1.00. The molecule has 0 amide bonds. The number of hydrogen-bond acceptors (Lipinski definition) is 3. The minimum absolute atomic E-state index is 0.822. The standard InChI is InChI=1S/C13H30O3Si/c1-5-9-14-12-8-13-17(4,15-10-6-2)16-11-7-3/h5-13H2,1-4H3. The Morgan fingerprint density at radius 3 is 1.76 bits per heavy atom. The van der Waals surface area contributed by atoms with Crippen molar-refractivity contribution in [1.29, 1.82) is 0 Å². The average molecular weight is 262 g/mol. The lowest BCUT2D eigenvalue weighted by molar-refractivity contribution is 0.128. The van der Waals surface area contributed by atoms with E-state index in [4.69, 9.17) is 13.6 Å². The van der Waals surface area contributed by atoms with Crippen molar-refractivity contribution in [2.75, 3.05) is 26.4 Å². The molecule has 0 saturated heterocycles. The zero-order valence-corrected chi connectivity index (χ0v) is 13.1. The molecule has 104 valence electrons. The van der Waals surface area contributed by atoms with Gasteiger partial charge in [0.05, 0.1) is 0 Å². The van der Waals surface area contributed by atoms with Gasteiger partial charge in [0.25, 0.3) is 0 Å². The van der Waals surface area contributed by atoms with Gasteiger partial charge in [-0.05, 0) is 38.3 Å². The minimum Gasteiger partial charge on any atom is -0.394 e. The molecular weight excluding hydrogens is 232 g/mol. The maximum absolute atomic E-state index is 5.95. The van der Waals surface area contributed by atoms with Gasteiger partial charge in [-0.1, -0.05) is 20.8 Å². The molecular formula is C13H30O3Si. The third-order valence-electron chi connectivity index (χ3n) is 2.49. The van der Waals surface area contributed by atoms with Gasteiger partial charge >= 0.3 is 8.56 Å². The summed E-state index contributed by atoms with van der Waals surface area (Å²) in [7, 11) is -1.93. The molecule has 0 fully saturated rings. The normalized spacial score (nSPS) is 12.0. The largest absolute Gasteiger partial charge is 0.394 e. The number of rotatable bonds is 12. The second-order valence-electron chi connectivity index (χ2n) is 4.55. The Morgan fingerprint density at radius 2 is 1.29 bits per heavy atom. The first-order chi connectivity index (χ1) is 8.18. The molecule has 0 bridgehead atoms.